The number of benzene rings is 2. The summed E-state index contributed by atoms with van der Waals surface area (Å²) < 4.78 is 14.4. The largest absolute Gasteiger partial charge is 0.457 e. The number of nitrogens with zero attached hydrogens (tertiary/aromatic N) is 2. The van der Waals surface area contributed by atoms with E-state index in [-0.39, 0.29) is 41.9 Å². The van der Waals surface area contributed by atoms with Crippen molar-refractivity contribution in [3.63, 3.8) is 0 Å². The maximum absolute atomic E-state index is 13.2. The number of para-hydroxylation sites is 1. The normalized spacial score (nSPS) is 20.5. The summed E-state index contributed by atoms with van der Waals surface area (Å²) >= 11 is 3.12. The van der Waals surface area contributed by atoms with E-state index in [2.05, 4.69) is 22.2 Å². The van der Waals surface area contributed by atoms with Crippen LogP contribution in [0, 0.1) is 5.92 Å². The van der Waals surface area contributed by atoms with Crippen LogP contribution in [0.2, 0.25) is 0 Å². The Morgan fingerprint density at radius 2 is 1.69 bits per heavy atom. The summed E-state index contributed by atoms with van der Waals surface area (Å²) in [6.07, 6.45) is 6.86. The van der Waals surface area contributed by atoms with Crippen molar-refractivity contribution in [3.05, 3.63) is 60.2 Å². The lowest BCUT2D eigenvalue weighted by Gasteiger charge is -2.31. The van der Waals surface area contributed by atoms with Gasteiger partial charge < -0.3 is 19.7 Å². The van der Waals surface area contributed by atoms with Crippen molar-refractivity contribution in [1.82, 2.24) is 19.8 Å². The van der Waals surface area contributed by atoms with E-state index in [0.29, 0.717) is 43.9 Å². The molecule has 3 amide bonds. The maximum atomic E-state index is 13.2. The Hall–Kier alpha value is -2.44. The molecule has 5 rings (SSSR count). The van der Waals surface area contributed by atoms with Gasteiger partial charge in [-0.2, -0.15) is 0 Å². The summed E-state index contributed by atoms with van der Waals surface area (Å²) in [5.74, 6) is 2.94. The number of hydrogen-bond donors (Lipinski definition) is 2. The van der Waals surface area contributed by atoms with Crippen LogP contribution in [0.5, 0.6) is 11.5 Å². The van der Waals surface area contributed by atoms with Gasteiger partial charge in [-0.1, -0.05) is 49.6 Å². The van der Waals surface area contributed by atoms with Gasteiger partial charge in [0.25, 0.3) is 5.91 Å². The number of ether oxygens (including phenoxy) is 2. The van der Waals surface area contributed by atoms with Crippen molar-refractivity contribution in [1.29, 1.82) is 0 Å². The van der Waals surface area contributed by atoms with Crippen molar-refractivity contribution in [2.45, 2.75) is 62.8 Å². The van der Waals surface area contributed by atoms with Crippen LogP contribution in [0.3, 0.4) is 0 Å². The van der Waals surface area contributed by atoms with Crippen molar-refractivity contribution in [3.8, 4) is 11.5 Å². The number of thioether (sulfide) groups is 1. The fourth-order valence-electron chi connectivity index (χ4n) is 5.92. The Morgan fingerprint density at radius 3 is 2.40 bits per heavy atom. The molecule has 0 bridgehead atoms. The average molecular weight is 677 g/mol. The number of carbonyl (C=O) groups is 3. The topological polar surface area (TPSA) is 100 Å². The second kappa shape index (κ2) is 18.0. The summed E-state index contributed by atoms with van der Waals surface area (Å²) in [6, 6.07) is 16.8. The van der Waals surface area contributed by atoms with Gasteiger partial charge in [0, 0.05) is 30.0 Å². The van der Waals surface area contributed by atoms with E-state index in [0.717, 1.165) is 30.8 Å². The predicted octanol–water partition coefficient (Wildman–Crippen LogP) is 4.89. The molecule has 1 saturated carbocycles. The number of nitrogens with one attached hydrogen (secondary N) is 2. The van der Waals surface area contributed by atoms with Crippen molar-refractivity contribution in [2.24, 2.45) is 5.92 Å². The number of carbonyl (C=O) groups excluding carboxylic acids is 3. The maximum Gasteiger partial charge on any atom is 0.252 e. The van der Waals surface area contributed by atoms with Gasteiger partial charge in [0.2, 0.25) is 11.8 Å². The van der Waals surface area contributed by atoms with Gasteiger partial charge >= 0.3 is 0 Å². The van der Waals surface area contributed by atoms with Crippen LogP contribution >= 0.6 is 36.1 Å². The van der Waals surface area contributed by atoms with Gasteiger partial charge in [-0.15, -0.1) is 24.2 Å². The van der Waals surface area contributed by atoms with E-state index in [1.54, 1.807) is 23.6 Å². The Kier molecular flexibility index (Phi) is 14.2. The lowest BCUT2D eigenvalue weighted by molar-refractivity contribution is -0.138. The molecule has 45 heavy (non-hydrogen) atoms. The van der Waals surface area contributed by atoms with Crippen molar-refractivity contribution < 1.29 is 23.9 Å². The fraction of sp³-hybridized carbons (Fsp3) is 0.545. The van der Waals surface area contributed by atoms with Crippen LogP contribution in [0.15, 0.2) is 54.6 Å². The number of rotatable bonds is 12. The minimum absolute atomic E-state index is 0. The van der Waals surface area contributed by atoms with Gasteiger partial charge in [0.1, 0.15) is 17.5 Å². The van der Waals surface area contributed by atoms with Gasteiger partial charge in [-0.3, -0.25) is 24.0 Å². The van der Waals surface area contributed by atoms with Gasteiger partial charge in [-0.25, -0.2) is 0 Å². The number of hydrogen-bond acceptors (Lipinski definition) is 8. The smallest absolute Gasteiger partial charge is 0.252 e. The third kappa shape index (κ3) is 10.5. The van der Waals surface area contributed by atoms with Crippen LogP contribution in [0.4, 0.5) is 0 Å². The second-order valence-corrected chi connectivity index (χ2v) is 13.8. The van der Waals surface area contributed by atoms with Crippen LogP contribution < -0.4 is 14.8 Å². The first-order chi connectivity index (χ1) is 21.5. The molecule has 3 atom stereocenters. The first-order valence-corrected chi connectivity index (χ1v) is 17.7. The van der Waals surface area contributed by atoms with Gasteiger partial charge in [0.15, 0.2) is 0 Å². The zero-order valence-electron chi connectivity index (χ0n) is 25.9. The van der Waals surface area contributed by atoms with E-state index in [9.17, 15) is 14.4 Å². The average Bonchev–Trinajstić information content (AvgIpc) is 3.53. The van der Waals surface area contributed by atoms with Gasteiger partial charge in [0.05, 0.1) is 25.8 Å². The standard InChI is InChI=1S/C33H44N4O5S2.ClH/c1-24(34-33(40)29-22-43-23-37(29)21-31(38)36-16-18-41-19-17-36)32(39)35-44-30(26-8-4-2-5-9-26)20-25-12-14-28(15-13-25)42-27-10-6-3-7-11-27;/h3,6-7,10-15,24,26,29-30H,2,4-5,8-9,16-23H2,1H3,(H,34,40)(H,35,39);1H/t24-,29+,30?;/m1./s1. The Bertz CT molecular complexity index is 1230. The highest BCUT2D eigenvalue weighted by Crippen LogP contribution is 2.34. The molecule has 2 aromatic carbocycles. The second-order valence-electron chi connectivity index (χ2n) is 11.8. The lowest BCUT2D eigenvalue weighted by atomic mass is 9.85. The third-order valence-corrected chi connectivity index (χ3v) is 10.8. The molecule has 0 radical (unpaired) electrons. The van der Waals surface area contributed by atoms with Crippen LogP contribution in [0.1, 0.15) is 44.6 Å². The van der Waals surface area contributed by atoms with E-state index >= 15 is 0 Å². The molecular formula is C33H45ClN4O5S2. The molecule has 3 fully saturated rings. The lowest BCUT2D eigenvalue weighted by Crippen LogP contribution is -2.53. The number of amides is 3. The summed E-state index contributed by atoms with van der Waals surface area (Å²) in [5, 5.41) is 3.14. The van der Waals surface area contributed by atoms with Crippen molar-refractivity contribution >= 4 is 53.8 Å². The minimum Gasteiger partial charge on any atom is -0.457 e. The quantitative estimate of drug-likeness (QED) is 0.307. The molecule has 246 valence electrons. The summed E-state index contributed by atoms with van der Waals surface area (Å²) in [7, 11) is 0. The van der Waals surface area contributed by atoms with E-state index in [1.165, 1.54) is 36.8 Å². The van der Waals surface area contributed by atoms with Crippen LogP contribution in [0.25, 0.3) is 0 Å². The first kappa shape index (κ1) is 35.4. The molecule has 2 N–H and O–H groups in total. The summed E-state index contributed by atoms with van der Waals surface area (Å²) in [4.78, 5) is 42.8. The molecule has 1 unspecified atom stereocenters. The Morgan fingerprint density at radius 1 is 1.00 bits per heavy atom. The van der Waals surface area contributed by atoms with Crippen LogP contribution in [-0.4, -0.2) is 89.3 Å². The highest BCUT2D eigenvalue weighted by Gasteiger charge is 2.35. The SMILES string of the molecule is C[C@@H](NC(=O)[C@@H]1CSCN1CC(=O)N1CCOCC1)C(=O)NSC(Cc1ccc(Oc2ccccc2)cc1)C1CCCCC1.Cl. The molecule has 1 aliphatic carbocycles. The fourth-order valence-corrected chi connectivity index (χ4v) is 8.30. The van der Waals surface area contributed by atoms with Crippen LogP contribution in [-0.2, 0) is 25.5 Å². The number of halogens is 1. The molecular weight excluding hydrogens is 632 g/mol. The summed E-state index contributed by atoms with van der Waals surface area (Å²) in [5.41, 5.74) is 1.20. The minimum atomic E-state index is -0.682. The zero-order chi connectivity index (χ0) is 30.7. The molecule has 2 saturated heterocycles. The highest BCUT2D eigenvalue weighted by atomic mass is 35.5. The summed E-state index contributed by atoms with van der Waals surface area (Å²) in [6.45, 7) is 4.19. The molecule has 3 aliphatic rings. The zero-order valence-corrected chi connectivity index (χ0v) is 28.3. The molecule has 9 nitrogen and oxygen atoms in total. The monoisotopic (exact) mass is 676 g/mol. The molecule has 12 heteroatoms. The van der Waals surface area contributed by atoms with Crippen molar-refractivity contribution in [2.75, 3.05) is 44.5 Å². The van der Waals surface area contributed by atoms with E-state index in [1.807, 2.05) is 47.4 Å². The molecule has 2 heterocycles. The Balaban J connectivity index is 0.00000461. The van der Waals surface area contributed by atoms with Gasteiger partial charge in [-0.05, 0) is 73.9 Å². The first-order valence-electron chi connectivity index (χ1n) is 15.7. The van der Waals surface area contributed by atoms with E-state index < -0.39 is 12.1 Å². The third-order valence-electron chi connectivity index (χ3n) is 8.56. The number of morpholine rings is 1. The Labute approximate surface area is 281 Å². The predicted molar refractivity (Wildman–Crippen MR) is 183 cm³/mol. The highest BCUT2D eigenvalue weighted by molar-refractivity contribution is 7.99. The molecule has 0 spiro atoms. The molecule has 0 aromatic heterocycles. The molecule has 2 aromatic rings. The molecule has 2 aliphatic heterocycles. The van der Waals surface area contributed by atoms with E-state index in [4.69, 9.17) is 9.47 Å².